The highest BCUT2D eigenvalue weighted by atomic mass is 32.2. The van der Waals surface area contributed by atoms with Crippen molar-refractivity contribution in [3.05, 3.63) is 59.7 Å². The Morgan fingerprint density at radius 1 is 1.15 bits per heavy atom. The van der Waals surface area contributed by atoms with Crippen molar-refractivity contribution in [3.63, 3.8) is 0 Å². The van der Waals surface area contributed by atoms with Crippen molar-refractivity contribution in [2.24, 2.45) is 0 Å². The molecule has 0 saturated carbocycles. The quantitative estimate of drug-likeness (QED) is 0.284. The molecule has 1 aliphatic rings. The van der Waals surface area contributed by atoms with Crippen molar-refractivity contribution in [1.29, 1.82) is 0 Å². The summed E-state index contributed by atoms with van der Waals surface area (Å²) in [6.45, 7) is 0.781. The maximum atomic E-state index is 12.9. The molecule has 182 valence electrons. The molecule has 0 aliphatic carbocycles. The molecule has 3 rings (SSSR count). The molecule has 1 unspecified atom stereocenters. The van der Waals surface area contributed by atoms with E-state index in [1.54, 1.807) is 30.8 Å². The van der Waals surface area contributed by atoms with Crippen LogP contribution in [-0.2, 0) is 16.0 Å². The number of amides is 4. The van der Waals surface area contributed by atoms with E-state index in [9.17, 15) is 23.2 Å². The Bertz CT molecular complexity index is 1020. The number of hydrogen-bond acceptors (Lipinski definition) is 5. The number of thioether (sulfide) groups is 1. The van der Waals surface area contributed by atoms with E-state index in [4.69, 9.17) is 0 Å². The lowest BCUT2D eigenvalue weighted by Gasteiger charge is -2.21. The summed E-state index contributed by atoms with van der Waals surface area (Å²) in [6, 6.07) is 13.6. The Morgan fingerprint density at radius 3 is 2.47 bits per heavy atom. The molecule has 0 bridgehead atoms. The third-order valence-electron chi connectivity index (χ3n) is 5.42. The van der Waals surface area contributed by atoms with Crippen LogP contribution in [0.25, 0.3) is 0 Å². The predicted octanol–water partition coefficient (Wildman–Crippen LogP) is 3.75. The lowest BCUT2D eigenvalue weighted by molar-refractivity contribution is -0.134. The SMILES string of the molecule is Cc1ccc(SCCNC(=O)CN2C(=O)NC(C)(CCc3ccc(OC(F)F)cc3)C2=O)cc1. The van der Waals surface area contributed by atoms with Crippen LogP contribution in [-0.4, -0.2) is 53.7 Å². The fourth-order valence-electron chi connectivity index (χ4n) is 3.49. The van der Waals surface area contributed by atoms with E-state index in [2.05, 4.69) is 15.4 Å². The molecule has 1 heterocycles. The number of urea groups is 1. The van der Waals surface area contributed by atoms with Crippen molar-refractivity contribution >= 4 is 29.6 Å². The van der Waals surface area contributed by atoms with Crippen LogP contribution in [0.15, 0.2) is 53.4 Å². The summed E-state index contributed by atoms with van der Waals surface area (Å²) in [5.41, 5.74) is 0.819. The molecule has 1 aliphatic heterocycles. The van der Waals surface area contributed by atoms with Gasteiger partial charge < -0.3 is 15.4 Å². The fourth-order valence-corrected chi connectivity index (χ4v) is 4.25. The molecule has 0 aromatic heterocycles. The molecular formula is C24H27F2N3O4S. The average molecular weight is 492 g/mol. The highest BCUT2D eigenvalue weighted by Crippen LogP contribution is 2.24. The minimum Gasteiger partial charge on any atom is -0.435 e. The molecule has 0 spiro atoms. The molecule has 1 fully saturated rings. The summed E-state index contributed by atoms with van der Waals surface area (Å²) < 4.78 is 28.9. The monoisotopic (exact) mass is 491 g/mol. The Labute approximate surface area is 201 Å². The summed E-state index contributed by atoms with van der Waals surface area (Å²) in [5.74, 6) is -0.177. The van der Waals surface area contributed by atoms with Gasteiger partial charge in [-0.1, -0.05) is 29.8 Å². The van der Waals surface area contributed by atoms with Crippen molar-refractivity contribution in [2.45, 2.75) is 43.7 Å². The standard InChI is InChI=1S/C24H27F2N3O4S/c1-16-3-9-19(10-4-16)34-14-13-27-20(30)15-29-21(31)24(2,28-23(29)32)12-11-17-5-7-18(8-6-17)33-22(25)26/h3-10,22H,11-15H2,1-2H3,(H,27,30)(H,28,32). The van der Waals surface area contributed by atoms with Crippen molar-refractivity contribution in [1.82, 2.24) is 15.5 Å². The second-order valence-electron chi connectivity index (χ2n) is 8.19. The first kappa shape index (κ1) is 25.5. The fraction of sp³-hybridized carbons (Fsp3) is 0.375. The zero-order chi connectivity index (χ0) is 24.7. The second kappa shape index (κ2) is 11.3. The van der Waals surface area contributed by atoms with Gasteiger partial charge in [-0.2, -0.15) is 8.78 Å². The van der Waals surface area contributed by atoms with Gasteiger partial charge in [0.15, 0.2) is 0 Å². The van der Waals surface area contributed by atoms with E-state index in [0.717, 1.165) is 15.4 Å². The van der Waals surface area contributed by atoms with Gasteiger partial charge in [-0.05, 0) is 56.5 Å². The molecule has 2 aromatic rings. The molecular weight excluding hydrogens is 464 g/mol. The van der Waals surface area contributed by atoms with Gasteiger partial charge in [0.25, 0.3) is 5.91 Å². The predicted molar refractivity (Wildman–Crippen MR) is 125 cm³/mol. The number of carbonyl (C=O) groups excluding carboxylic acids is 3. The van der Waals surface area contributed by atoms with E-state index in [1.165, 1.54) is 17.7 Å². The summed E-state index contributed by atoms with van der Waals surface area (Å²) in [5, 5.41) is 5.40. The largest absolute Gasteiger partial charge is 0.435 e. The molecule has 0 radical (unpaired) electrons. The first-order chi connectivity index (χ1) is 16.2. The van der Waals surface area contributed by atoms with Gasteiger partial charge in [0, 0.05) is 17.2 Å². The topological polar surface area (TPSA) is 87.7 Å². The van der Waals surface area contributed by atoms with E-state index in [-0.39, 0.29) is 18.7 Å². The van der Waals surface area contributed by atoms with E-state index in [1.807, 2.05) is 31.2 Å². The number of hydrogen-bond donors (Lipinski definition) is 2. The van der Waals surface area contributed by atoms with Gasteiger partial charge in [-0.15, -0.1) is 11.8 Å². The maximum absolute atomic E-state index is 12.9. The number of carbonyl (C=O) groups is 3. The molecule has 4 amide bonds. The van der Waals surface area contributed by atoms with Crippen LogP contribution < -0.4 is 15.4 Å². The number of nitrogens with one attached hydrogen (secondary N) is 2. The number of aryl methyl sites for hydroxylation is 2. The smallest absolute Gasteiger partial charge is 0.387 e. The lowest BCUT2D eigenvalue weighted by Crippen LogP contribution is -2.45. The van der Waals surface area contributed by atoms with E-state index >= 15 is 0 Å². The highest BCUT2D eigenvalue weighted by Gasteiger charge is 2.47. The van der Waals surface area contributed by atoms with Gasteiger partial charge in [0.1, 0.15) is 17.8 Å². The Kier molecular flexibility index (Phi) is 8.49. The molecule has 7 nitrogen and oxygen atoms in total. The van der Waals surface area contributed by atoms with Crippen molar-refractivity contribution < 1.29 is 27.9 Å². The first-order valence-electron chi connectivity index (χ1n) is 10.8. The van der Waals surface area contributed by atoms with Crippen LogP contribution in [0.2, 0.25) is 0 Å². The van der Waals surface area contributed by atoms with E-state index in [0.29, 0.717) is 18.7 Å². The first-order valence-corrected chi connectivity index (χ1v) is 11.8. The number of halogens is 2. The minimum absolute atomic E-state index is 0.0460. The summed E-state index contributed by atoms with van der Waals surface area (Å²) in [4.78, 5) is 39.5. The maximum Gasteiger partial charge on any atom is 0.387 e. The second-order valence-corrected chi connectivity index (χ2v) is 9.36. The van der Waals surface area contributed by atoms with Crippen molar-refractivity contribution in [2.75, 3.05) is 18.8 Å². The van der Waals surface area contributed by atoms with Gasteiger partial charge in [-0.3, -0.25) is 14.5 Å². The van der Waals surface area contributed by atoms with Crippen LogP contribution in [0.3, 0.4) is 0 Å². The number of imide groups is 1. The highest BCUT2D eigenvalue weighted by molar-refractivity contribution is 7.99. The van der Waals surface area contributed by atoms with Gasteiger partial charge in [-0.25, -0.2) is 4.79 Å². The minimum atomic E-state index is -2.90. The molecule has 10 heteroatoms. The van der Waals surface area contributed by atoms with Crippen LogP contribution in [0.1, 0.15) is 24.5 Å². The van der Waals surface area contributed by atoms with Crippen LogP contribution >= 0.6 is 11.8 Å². The third-order valence-corrected chi connectivity index (χ3v) is 6.44. The van der Waals surface area contributed by atoms with Gasteiger partial charge in [0.2, 0.25) is 5.91 Å². The summed E-state index contributed by atoms with van der Waals surface area (Å²) >= 11 is 1.60. The number of rotatable bonds is 11. The van der Waals surface area contributed by atoms with Crippen molar-refractivity contribution in [3.8, 4) is 5.75 Å². The summed E-state index contributed by atoms with van der Waals surface area (Å²) in [7, 11) is 0. The Balaban J connectivity index is 1.45. The molecule has 1 atom stereocenters. The molecule has 1 saturated heterocycles. The van der Waals surface area contributed by atoms with Crippen LogP contribution in [0.5, 0.6) is 5.75 Å². The number of benzene rings is 2. The number of nitrogens with zero attached hydrogens (tertiary/aromatic N) is 1. The summed E-state index contributed by atoms with van der Waals surface area (Å²) in [6.07, 6.45) is 0.714. The number of alkyl halides is 2. The third kappa shape index (κ3) is 6.93. The molecule has 2 N–H and O–H groups in total. The average Bonchev–Trinajstić information content (AvgIpc) is 3.00. The normalized spacial score (nSPS) is 17.7. The zero-order valence-electron chi connectivity index (χ0n) is 19.0. The van der Waals surface area contributed by atoms with E-state index < -0.39 is 30.0 Å². The molecule has 34 heavy (non-hydrogen) atoms. The van der Waals surface area contributed by atoms with Gasteiger partial charge in [0.05, 0.1) is 0 Å². The zero-order valence-corrected chi connectivity index (χ0v) is 19.8. The van der Waals surface area contributed by atoms with Crippen LogP contribution in [0.4, 0.5) is 13.6 Å². The van der Waals surface area contributed by atoms with Gasteiger partial charge >= 0.3 is 12.6 Å². The Hall–Kier alpha value is -3.14. The van der Waals surface area contributed by atoms with Crippen LogP contribution in [0, 0.1) is 6.92 Å². The lowest BCUT2D eigenvalue weighted by atomic mass is 9.93. The molecule has 2 aromatic carbocycles. The Morgan fingerprint density at radius 2 is 1.82 bits per heavy atom. The number of ether oxygens (including phenoxy) is 1.